The van der Waals surface area contributed by atoms with Crippen LogP contribution in [0, 0.1) is 81.2 Å². The van der Waals surface area contributed by atoms with Crippen LogP contribution in [0.2, 0.25) is 46.8 Å². The van der Waals surface area contributed by atoms with E-state index in [2.05, 4.69) is 59.5 Å². The summed E-state index contributed by atoms with van der Waals surface area (Å²) in [5.74, 6) is -8.72. The molecule has 0 bridgehead atoms. The van der Waals surface area contributed by atoms with Crippen molar-refractivity contribution in [3.8, 4) is 0 Å². The molecule has 0 amide bonds. The number of thiazole rings is 5. The van der Waals surface area contributed by atoms with E-state index >= 15 is 4.39 Å². The molecule has 136 heavy (non-hydrogen) atoms. The van der Waals surface area contributed by atoms with Crippen molar-refractivity contribution in [3.05, 3.63) is 182 Å². The Hall–Kier alpha value is -4.68. The molecule has 2 aliphatic rings. The molecule has 5 aromatic carbocycles. The molecule has 0 aliphatic heterocycles. The van der Waals surface area contributed by atoms with Crippen molar-refractivity contribution in [2.45, 2.75) is 185 Å². The zero-order valence-electron chi connectivity index (χ0n) is 71.0. The van der Waals surface area contributed by atoms with Gasteiger partial charge in [0.25, 0.3) is 49.1 Å². The van der Waals surface area contributed by atoms with Crippen molar-refractivity contribution >= 4 is 281 Å². The van der Waals surface area contributed by atoms with E-state index in [9.17, 15) is 72.8 Å². The average Bonchev–Trinajstić information content (AvgIpc) is 1.38. The highest BCUT2D eigenvalue weighted by molar-refractivity contribution is 8.13. The number of aromatic nitrogens is 5. The standard InChI is InChI=1S/C21H29Cl2FN4O3S2.C18H23Cl2FN4O2S2.C13H12Cl2F2N2O3S2.C10H6Cl2F2N2O2S2.C6H2Cl2F2O2S.C4H5ClN2S.C3H7ClO.4CH4/c1-5-31-12-28(21-25-13(2)20(23)32-21)33(29,30)19-10-14(22)17(11-15(19)24)26-16-8-6-7-9-18(16)27(3)4;1-10-17(20)28-18(22-10)24-29(26,27)16-8-11(19)14(9-12(16)21)23-13-6-4-5-7-15(13)25(2)3;1-3-22-6-19(13-18-7(2)12(15)23-13)24(20,21)11-4-8(14)9(16)5-10(11)17;1-4-9(12)19-10(15-4)16-20(17,18)8-2-5(11)6(13)3-7(8)14;7-3-1-6(13(8,11)12)5(10)2-4(3)9;1-2-3(5)8-4(6)7-2;1-2-5-3-4;;;;/h10-11,16,18,26H,5-9,12H2,1-4H3;8-9,13,15,23H,4-7H2,1-3H3,(H,22,24);4-5H,3,6H2,1-2H3;2-3H,1H3,(H,15,16);1-2H;1H3,(H2,6,7);2-3H2,1H3;4*1H4/t16-,18-;13-,15-;;;;;;;;;/m00........./s1. The predicted octanol–water partition coefficient (Wildman–Crippen LogP) is 26.4. The number of nitrogens with two attached hydrogens (primary N) is 1. The largest absolute Gasteiger partial charge is 0.379 e. The second-order valence-corrected chi connectivity index (χ2v) is 47.6. The van der Waals surface area contributed by atoms with Crippen LogP contribution in [0.3, 0.4) is 0 Å². The molecule has 764 valence electrons. The van der Waals surface area contributed by atoms with Gasteiger partial charge in [-0.2, -0.15) is 0 Å². The first-order chi connectivity index (χ1) is 61.5. The van der Waals surface area contributed by atoms with E-state index in [4.69, 9.17) is 154 Å². The van der Waals surface area contributed by atoms with Gasteiger partial charge in [-0.15, -0.1) is 0 Å². The number of alkyl halides is 1. The molecule has 2 fully saturated rings. The highest BCUT2D eigenvalue weighted by Crippen LogP contribution is 2.42. The molecule has 0 radical (unpaired) electrons. The van der Waals surface area contributed by atoms with Crippen LogP contribution in [-0.4, -0.2) is 169 Å². The van der Waals surface area contributed by atoms with E-state index in [1.807, 2.05) is 42.0 Å². The Labute approximate surface area is 868 Å². The Morgan fingerprint density at radius 3 is 0.963 bits per heavy atom. The van der Waals surface area contributed by atoms with Crippen molar-refractivity contribution < 1.29 is 91.4 Å². The van der Waals surface area contributed by atoms with Gasteiger partial charge >= 0.3 is 0 Å². The minimum absolute atomic E-state index is 0. The first-order valence-electron chi connectivity index (χ1n) is 38.0. The monoisotopic (exact) mass is 2340 g/mol. The molecule has 0 saturated heterocycles. The van der Waals surface area contributed by atoms with Crippen LogP contribution < -0.4 is 34.4 Å². The molecule has 57 heteroatoms. The summed E-state index contributed by atoms with van der Waals surface area (Å²) in [6, 6.07) is 8.83. The molecule has 0 spiro atoms. The van der Waals surface area contributed by atoms with Gasteiger partial charge in [-0.05, 0) is 152 Å². The van der Waals surface area contributed by atoms with Crippen LogP contribution >= 0.6 is 195 Å². The Morgan fingerprint density at radius 2 is 0.676 bits per heavy atom. The number of nitrogens with one attached hydrogen (secondary N) is 4. The van der Waals surface area contributed by atoms with Crippen molar-refractivity contribution in [1.82, 2.24) is 34.7 Å². The average molecular weight is 2350 g/mol. The van der Waals surface area contributed by atoms with Crippen LogP contribution in [0.1, 0.15) is 130 Å². The normalized spacial score (nSPS) is 14.7. The summed E-state index contributed by atoms with van der Waals surface area (Å²) in [4.78, 5) is 20.8. The third-order valence-electron chi connectivity index (χ3n) is 18.1. The Balaban J connectivity index is 0.000000563. The summed E-state index contributed by atoms with van der Waals surface area (Å²) in [6.45, 7) is 14.1. The molecule has 4 atom stereocenters. The number of nitrogen functional groups attached to an aromatic ring is 1. The van der Waals surface area contributed by atoms with Crippen molar-refractivity contribution in [3.63, 3.8) is 0 Å². The van der Waals surface area contributed by atoms with Crippen molar-refractivity contribution in [2.24, 2.45) is 0 Å². The van der Waals surface area contributed by atoms with Crippen molar-refractivity contribution in [1.29, 1.82) is 0 Å². The Kier molecular flexibility index (Phi) is 53.5. The fourth-order valence-corrected chi connectivity index (χ4v) is 24.6. The zero-order chi connectivity index (χ0) is 99.3. The van der Waals surface area contributed by atoms with E-state index in [0.717, 1.165) is 135 Å². The number of anilines is 7. The fourth-order valence-electron chi connectivity index (χ4n) is 11.6. The first kappa shape index (κ1) is 127. The Bertz CT molecular complexity index is 6150. The number of sulfonamides is 4. The Morgan fingerprint density at radius 1 is 0.390 bits per heavy atom. The molecule has 12 rings (SSSR count). The molecule has 6 N–H and O–H groups in total. The smallest absolute Gasteiger partial charge is 0.271 e. The lowest BCUT2D eigenvalue weighted by Crippen LogP contribution is -2.45. The van der Waals surface area contributed by atoms with Gasteiger partial charge in [0.2, 0.25) is 10.3 Å². The molecular formula is C79H100Cl12F8N14O13S10. The number of hydrogen-bond donors (Lipinski definition) is 5. The topological polar surface area (TPSA) is 350 Å². The predicted molar refractivity (Wildman–Crippen MR) is 544 cm³/mol. The zero-order valence-corrected chi connectivity index (χ0v) is 88.3. The van der Waals surface area contributed by atoms with Crippen LogP contribution in [0.4, 0.5) is 72.2 Å². The second kappa shape index (κ2) is 57.1. The molecule has 2 saturated carbocycles. The van der Waals surface area contributed by atoms with Gasteiger partial charge in [-0.3, -0.25) is 9.44 Å². The summed E-state index contributed by atoms with van der Waals surface area (Å²) in [5, 5.41) is 6.08. The molecule has 5 aromatic heterocycles. The number of rotatable bonds is 27. The van der Waals surface area contributed by atoms with Crippen molar-refractivity contribution in [2.75, 3.05) is 102 Å². The lowest BCUT2D eigenvalue weighted by molar-refractivity contribution is 0.157. The first-order valence-corrected chi connectivity index (χ1v) is 54.5. The maximum Gasteiger partial charge on any atom is 0.271 e. The van der Waals surface area contributed by atoms with Gasteiger partial charge in [-0.1, -0.05) is 240 Å². The highest BCUT2D eigenvalue weighted by Gasteiger charge is 2.37. The van der Waals surface area contributed by atoms with Crippen LogP contribution in [0.25, 0.3) is 0 Å². The SMILES string of the molecule is C.C.C.C.CCOCCl.CCOCN(c1nc(C)c(Cl)s1)S(=O)(=O)c1cc(Cl)c(F)cc1F.CCOCN(c1nc(C)c(Cl)s1)S(=O)(=O)c1cc(Cl)c(N[C@H]2CCCC[C@@H]2N(C)C)cc1F.Cc1nc(N)sc1Cl.Cc1nc(NS(=O)(=O)c2cc(Cl)c(F)cc2F)sc1Cl.Cc1nc(NS(=O)(=O)c2cc(Cl)c(N[C@H]3CCCC[C@@H]3N(C)C)cc2F)sc1Cl.O=S(=O)(Cl)c1cc(Cl)c(F)cc1F. The number of hydrogen-bond acceptors (Lipinski definition) is 28. The number of benzene rings is 5. The third kappa shape index (κ3) is 36.0. The minimum atomic E-state index is -4.43. The number of aryl methyl sites for hydroxylation is 5. The third-order valence-corrected chi connectivity index (χ3v) is 34.7. The van der Waals surface area contributed by atoms with E-state index in [1.165, 1.54) is 11.3 Å². The fraction of sp³-hybridized carbons (Fsp3) is 0.430. The highest BCUT2D eigenvalue weighted by atomic mass is 35.7. The van der Waals surface area contributed by atoms with Crippen LogP contribution in [0.5, 0.6) is 0 Å². The summed E-state index contributed by atoms with van der Waals surface area (Å²) in [5.41, 5.74) is 8.71. The van der Waals surface area contributed by atoms with Gasteiger partial charge in [0, 0.05) is 72.9 Å². The molecule has 10 aromatic rings. The summed E-state index contributed by atoms with van der Waals surface area (Å²) >= 11 is 68.5. The molecular weight excluding hydrogens is 2250 g/mol. The molecule has 27 nitrogen and oxygen atoms in total. The van der Waals surface area contributed by atoms with Gasteiger partial charge in [0.15, 0.2) is 15.4 Å². The number of likely N-dealkylation sites (N-methyl/N-ethyl adjacent to an activating group) is 2. The van der Waals surface area contributed by atoms with Crippen LogP contribution in [-0.2, 0) is 63.4 Å². The lowest BCUT2D eigenvalue weighted by Gasteiger charge is -2.37. The van der Waals surface area contributed by atoms with Gasteiger partial charge in [0.05, 0.1) is 65.0 Å². The van der Waals surface area contributed by atoms with E-state index in [0.29, 0.717) is 116 Å². The van der Waals surface area contributed by atoms with Crippen LogP contribution in [0.15, 0.2) is 85.1 Å². The second-order valence-electron chi connectivity index (χ2n) is 27.8. The quantitative estimate of drug-likeness (QED) is 0.0105. The number of ether oxygens (including phenoxy) is 3. The van der Waals surface area contributed by atoms with E-state index in [-0.39, 0.29) is 98.3 Å². The van der Waals surface area contributed by atoms with E-state index < -0.39 is 142 Å². The number of nitrogens with zero attached hydrogens (tertiary/aromatic N) is 9. The lowest BCUT2D eigenvalue weighted by atomic mass is 9.89. The summed E-state index contributed by atoms with van der Waals surface area (Å²) in [7, 11) is -8.58. The van der Waals surface area contributed by atoms with E-state index in [1.54, 1.807) is 41.5 Å². The molecule has 0 unspecified atom stereocenters. The summed E-state index contributed by atoms with van der Waals surface area (Å²) in [6.07, 6.45) is 8.35. The van der Waals surface area contributed by atoms with Gasteiger partial charge < -0.3 is 40.4 Å². The maximum absolute atomic E-state index is 15.2. The maximum atomic E-state index is 15.2. The minimum Gasteiger partial charge on any atom is -0.379 e. The molecule has 2 aliphatic carbocycles. The van der Waals surface area contributed by atoms with Gasteiger partial charge in [0.1, 0.15) is 112 Å². The number of halogens is 20. The molecule has 5 heterocycles. The van der Waals surface area contributed by atoms with Gasteiger partial charge in [-0.25, -0.2) is 111 Å². The summed E-state index contributed by atoms with van der Waals surface area (Å²) < 4.78 is 255.